The Bertz CT molecular complexity index is 927. The summed E-state index contributed by atoms with van der Waals surface area (Å²) in [5, 5.41) is 3.74. The molecule has 1 aliphatic heterocycles. The Morgan fingerprint density at radius 2 is 1.96 bits per heavy atom. The van der Waals surface area contributed by atoms with Crippen molar-refractivity contribution in [1.29, 1.82) is 0 Å². The van der Waals surface area contributed by atoms with Crippen LogP contribution in [0.2, 0.25) is 0 Å². The number of hydrogen-bond acceptors (Lipinski definition) is 3. The number of carbonyl (C=O) groups excluding carboxylic acids is 1. The van der Waals surface area contributed by atoms with Gasteiger partial charge < -0.3 is 5.32 Å². The first kappa shape index (κ1) is 15.7. The van der Waals surface area contributed by atoms with Crippen molar-refractivity contribution in [1.82, 2.24) is 15.2 Å². The minimum absolute atomic E-state index is 0.0448. The average molecular weight is 335 g/mol. The Labute approximate surface area is 145 Å². The summed E-state index contributed by atoms with van der Waals surface area (Å²) in [4.78, 5) is 18.5. The highest BCUT2D eigenvalue weighted by Crippen LogP contribution is 2.27. The maximum atomic E-state index is 13.6. The molecule has 0 atom stereocenters. The van der Waals surface area contributed by atoms with E-state index in [0.717, 1.165) is 28.8 Å². The highest BCUT2D eigenvalue weighted by atomic mass is 19.1. The van der Waals surface area contributed by atoms with Crippen molar-refractivity contribution in [3.8, 4) is 11.3 Å². The van der Waals surface area contributed by atoms with Crippen molar-refractivity contribution in [2.75, 3.05) is 19.6 Å². The van der Waals surface area contributed by atoms with Crippen LogP contribution >= 0.6 is 0 Å². The fourth-order valence-electron chi connectivity index (χ4n) is 3.22. The first-order valence-electron chi connectivity index (χ1n) is 8.33. The van der Waals surface area contributed by atoms with E-state index >= 15 is 0 Å². The second kappa shape index (κ2) is 6.61. The molecule has 5 heteroatoms. The minimum atomic E-state index is -0.292. The number of nitrogens with zero attached hydrogens (tertiary/aromatic N) is 2. The molecule has 4 rings (SSSR count). The third-order valence-corrected chi connectivity index (χ3v) is 4.42. The van der Waals surface area contributed by atoms with Gasteiger partial charge in [-0.2, -0.15) is 0 Å². The first-order valence-corrected chi connectivity index (χ1v) is 8.33. The number of rotatable bonds is 3. The molecule has 1 fully saturated rings. The summed E-state index contributed by atoms with van der Waals surface area (Å²) < 4.78 is 13.6. The van der Waals surface area contributed by atoms with Crippen molar-refractivity contribution < 1.29 is 9.18 Å². The molecule has 1 aromatic heterocycles. The lowest BCUT2D eigenvalue weighted by atomic mass is 10.0. The summed E-state index contributed by atoms with van der Waals surface area (Å²) >= 11 is 0. The van der Waals surface area contributed by atoms with Gasteiger partial charge in [0.1, 0.15) is 5.82 Å². The quantitative estimate of drug-likeness (QED) is 0.800. The van der Waals surface area contributed by atoms with Gasteiger partial charge in [0, 0.05) is 36.7 Å². The molecule has 1 saturated heterocycles. The van der Waals surface area contributed by atoms with Gasteiger partial charge in [0.2, 0.25) is 5.91 Å². The van der Waals surface area contributed by atoms with E-state index in [9.17, 15) is 9.18 Å². The lowest BCUT2D eigenvalue weighted by molar-refractivity contribution is -0.124. The van der Waals surface area contributed by atoms with Gasteiger partial charge >= 0.3 is 0 Å². The summed E-state index contributed by atoms with van der Waals surface area (Å²) in [5.74, 6) is -0.247. The number of nitrogens with one attached hydrogen (secondary N) is 1. The number of amides is 1. The summed E-state index contributed by atoms with van der Waals surface area (Å²) in [6, 6.07) is 16.6. The van der Waals surface area contributed by atoms with Crippen LogP contribution in [0.25, 0.3) is 22.2 Å². The van der Waals surface area contributed by atoms with Gasteiger partial charge in [0.05, 0.1) is 17.8 Å². The monoisotopic (exact) mass is 335 g/mol. The van der Waals surface area contributed by atoms with Crippen molar-refractivity contribution in [2.45, 2.75) is 6.54 Å². The molecule has 2 heterocycles. The number of aromatic nitrogens is 1. The molecule has 3 aromatic rings. The van der Waals surface area contributed by atoms with Crippen molar-refractivity contribution in [2.24, 2.45) is 0 Å². The maximum Gasteiger partial charge on any atom is 0.234 e. The number of halogens is 1. The van der Waals surface area contributed by atoms with Gasteiger partial charge in [-0.25, -0.2) is 9.37 Å². The fourth-order valence-corrected chi connectivity index (χ4v) is 3.22. The van der Waals surface area contributed by atoms with Crippen LogP contribution in [0.5, 0.6) is 0 Å². The van der Waals surface area contributed by atoms with Gasteiger partial charge in [-0.1, -0.05) is 30.3 Å². The lowest BCUT2D eigenvalue weighted by Gasteiger charge is -2.27. The van der Waals surface area contributed by atoms with Gasteiger partial charge in [-0.3, -0.25) is 9.69 Å². The number of piperazine rings is 1. The van der Waals surface area contributed by atoms with Crippen molar-refractivity contribution in [3.05, 3.63) is 66.0 Å². The van der Waals surface area contributed by atoms with Crippen LogP contribution in [0.15, 0.2) is 54.6 Å². The first-order chi connectivity index (χ1) is 12.2. The second-order valence-electron chi connectivity index (χ2n) is 6.26. The van der Waals surface area contributed by atoms with Crippen LogP contribution in [0.1, 0.15) is 5.56 Å². The zero-order valence-electron chi connectivity index (χ0n) is 13.7. The number of pyridine rings is 1. The Morgan fingerprint density at radius 1 is 1.12 bits per heavy atom. The van der Waals surface area contributed by atoms with Crippen LogP contribution in [0.4, 0.5) is 4.39 Å². The molecule has 2 aromatic carbocycles. The largest absolute Gasteiger partial charge is 0.354 e. The third kappa shape index (κ3) is 3.37. The summed E-state index contributed by atoms with van der Waals surface area (Å²) in [7, 11) is 0. The SMILES string of the molecule is O=C1CN(Cc2cc3ccc(F)cc3nc2-c2ccccc2)CCN1. The molecular weight excluding hydrogens is 317 g/mol. The smallest absolute Gasteiger partial charge is 0.234 e. The molecule has 0 bridgehead atoms. The third-order valence-electron chi connectivity index (χ3n) is 4.42. The summed E-state index contributed by atoms with van der Waals surface area (Å²) in [6.07, 6.45) is 0. The molecule has 1 N–H and O–H groups in total. The standard InChI is InChI=1S/C20H18FN3O/c21-17-7-6-15-10-16(12-24-9-8-22-19(25)13-24)20(23-18(15)11-17)14-4-2-1-3-5-14/h1-7,10-11H,8-9,12-13H2,(H,22,25). The van der Waals surface area contributed by atoms with E-state index in [2.05, 4.69) is 16.3 Å². The lowest BCUT2D eigenvalue weighted by Crippen LogP contribution is -2.47. The minimum Gasteiger partial charge on any atom is -0.354 e. The second-order valence-corrected chi connectivity index (χ2v) is 6.26. The summed E-state index contributed by atoms with van der Waals surface area (Å²) in [5.41, 5.74) is 3.51. The normalized spacial score (nSPS) is 15.3. The Morgan fingerprint density at radius 3 is 2.76 bits per heavy atom. The predicted octanol–water partition coefficient (Wildman–Crippen LogP) is 2.97. The van der Waals surface area contributed by atoms with E-state index < -0.39 is 0 Å². The fraction of sp³-hybridized carbons (Fsp3) is 0.200. The van der Waals surface area contributed by atoms with Crippen LogP contribution in [-0.4, -0.2) is 35.4 Å². The Balaban J connectivity index is 1.80. The maximum absolute atomic E-state index is 13.6. The molecule has 0 radical (unpaired) electrons. The number of fused-ring (bicyclic) bond motifs is 1. The topological polar surface area (TPSA) is 45.2 Å². The van der Waals surface area contributed by atoms with E-state index in [0.29, 0.717) is 25.2 Å². The molecule has 4 nitrogen and oxygen atoms in total. The molecule has 0 saturated carbocycles. The molecule has 1 aliphatic rings. The van der Waals surface area contributed by atoms with Gasteiger partial charge in [-0.05, 0) is 23.8 Å². The summed E-state index contributed by atoms with van der Waals surface area (Å²) in [6.45, 7) is 2.49. The average Bonchev–Trinajstić information content (AvgIpc) is 2.62. The Kier molecular flexibility index (Phi) is 4.15. The molecular formula is C20H18FN3O. The van der Waals surface area contributed by atoms with E-state index in [4.69, 9.17) is 4.98 Å². The van der Waals surface area contributed by atoms with Crippen LogP contribution in [-0.2, 0) is 11.3 Å². The van der Waals surface area contributed by atoms with Crippen LogP contribution < -0.4 is 5.32 Å². The zero-order valence-corrected chi connectivity index (χ0v) is 13.7. The molecule has 1 amide bonds. The zero-order chi connectivity index (χ0) is 17.2. The van der Waals surface area contributed by atoms with E-state index in [1.54, 1.807) is 6.07 Å². The van der Waals surface area contributed by atoms with E-state index in [-0.39, 0.29) is 11.7 Å². The number of carbonyl (C=O) groups is 1. The van der Waals surface area contributed by atoms with Crippen molar-refractivity contribution in [3.63, 3.8) is 0 Å². The van der Waals surface area contributed by atoms with Crippen LogP contribution in [0.3, 0.4) is 0 Å². The molecule has 0 aliphatic carbocycles. The van der Waals surface area contributed by atoms with Crippen molar-refractivity contribution >= 4 is 16.8 Å². The number of benzene rings is 2. The molecule has 0 unspecified atom stereocenters. The predicted molar refractivity (Wildman–Crippen MR) is 95.4 cm³/mol. The van der Waals surface area contributed by atoms with E-state index in [1.165, 1.54) is 12.1 Å². The molecule has 25 heavy (non-hydrogen) atoms. The van der Waals surface area contributed by atoms with Gasteiger partial charge in [-0.15, -0.1) is 0 Å². The van der Waals surface area contributed by atoms with E-state index in [1.807, 2.05) is 30.3 Å². The molecule has 126 valence electrons. The van der Waals surface area contributed by atoms with Gasteiger partial charge in [0.25, 0.3) is 0 Å². The Hall–Kier alpha value is -2.79. The number of hydrogen-bond donors (Lipinski definition) is 1. The highest BCUT2D eigenvalue weighted by molar-refractivity contribution is 5.83. The van der Waals surface area contributed by atoms with Gasteiger partial charge in [0.15, 0.2) is 0 Å². The highest BCUT2D eigenvalue weighted by Gasteiger charge is 2.19. The molecule has 0 spiro atoms. The van der Waals surface area contributed by atoms with Crippen LogP contribution in [0, 0.1) is 5.82 Å².